The first-order chi connectivity index (χ1) is 35.7. The van der Waals surface area contributed by atoms with Crippen molar-refractivity contribution < 1.29 is 0 Å². The largest absolute Gasteiger partial charge is 0.311 e. The van der Waals surface area contributed by atoms with Crippen LogP contribution in [0.15, 0.2) is 97.1 Å². The molecule has 0 saturated heterocycles. The van der Waals surface area contributed by atoms with Crippen molar-refractivity contribution in [3.63, 3.8) is 0 Å². The lowest BCUT2D eigenvalue weighted by Gasteiger charge is -2.48. The highest BCUT2D eigenvalue weighted by atomic mass is 32.1. The standard InChI is InChI=1S/C72H89BN2SSi/c1-65(2,3)44-23-25-46(26-24-44)74-59-35-45(66(4,5)6)36-60-63(59)73(62-49-38-51-55(42-61(49)76-64(62)74)72(17,18)34-30-68(51,9)10)56-39-52-54(71(15,16)33-31-69(52,11)12)41-58(56)75(60)57-40-53-50(67(7,8)29-32-70(53,13)14)37-48(57)43-21-27-47(28-22-43)77(19)20/h21-28,35-42,77H,29-34H2,1-20H3. The first-order valence-electron chi connectivity index (χ1n) is 29.7. The Morgan fingerprint density at radius 3 is 1.38 bits per heavy atom. The van der Waals surface area contributed by atoms with Crippen molar-refractivity contribution in [2.24, 2.45) is 0 Å². The molecule has 77 heavy (non-hydrogen) atoms. The van der Waals surface area contributed by atoms with Gasteiger partial charge in [-0.05, 0) is 208 Å². The van der Waals surface area contributed by atoms with Crippen molar-refractivity contribution >= 4 is 91.9 Å². The van der Waals surface area contributed by atoms with Gasteiger partial charge in [0.2, 0.25) is 0 Å². The molecule has 0 fully saturated rings. The van der Waals surface area contributed by atoms with Crippen molar-refractivity contribution in [3.05, 3.63) is 142 Å². The Morgan fingerprint density at radius 1 is 0.442 bits per heavy atom. The first-order valence-corrected chi connectivity index (χ1v) is 33.4. The quantitative estimate of drug-likeness (QED) is 0.162. The molecule has 1 aromatic heterocycles. The van der Waals surface area contributed by atoms with Gasteiger partial charge >= 0.3 is 0 Å². The van der Waals surface area contributed by atoms with Gasteiger partial charge in [-0.3, -0.25) is 0 Å². The summed E-state index contributed by atoms with van der Waals surface area (Å²) in [7, 11) is -1.02. The molecule has 2 aliphatic heterocycles. The average molecular weight is 1050 g/mol. The van der Waals surface area contributed by atoms with Crippen LogP contribution in [-0.4, -0.2) is 15.5 Å². The van der Waals surface area contributed by atoms with Crippen LogP contribution >= 0.6 is 11.3 Å². The molecule has 7 aromatic rings. The lowest BCUT2D eigenvalue weighted by Crippen LogP contribution is -2.61. The van der Waals surface area contributed by atoms with Crippen molar-refractivity contribution in [1.82, 2.24) is 0 Å². The second-order valence-corrected chi connectivity index (χ2v) is 35.3. The van der Waals surface area contributed by atoms with Crippen LogP contribution in [0.3, 0.4) is 0 Å². The number of fused-ring (bicyclic) bond motifs is 9. The lowest BCUT2D eigenvalue weighted by molar-refractivity contribution is 0.332. The minimum absolute atomic E-state index is 0.0168. The monoisotopic (exact) mass is 1050 g/mol. The molecule has 0 amide bonds. The van der Waals surface area contributed by atoms with E-state index >= 15 is 0 Å². The van der Waals surface area contributed by atoms with E-state index in [2.05, 4.69) is 245 Å². The fourth-order valence-electron chi connectivity index (χ4n) is 14.8. The van der Waals surface area contributed by atoms with Gasteiger partial charge in [0.1, 0.15) is 0 Å². The summed E-state index contributed by atoms with van der Waals surface area (Å²) >= 11 is 2.05. The summed E-state index contributed by atoms with van der Waals surface area (Å²) in [5.74, 6) is 0. The molecule has 0 unspecified atom stereocenters. The molecule has 400 valence electrons. The maximum atomic E-state index is 2.84. The number of benzene rings is 6. The molecule has 3 aliphatic carbocycles. The van der Waals surface area contributed by atoms with E-state index in [-0.39, 0.29) is 50.0 Å². The minimum Gasteiger partial charge on any atom is -0.311 e. The molecule has 5 aliphatic rings. The zero-order valence-corrected chi connectivity index (χ0v) is 52.9. The molecule has 5 heteroatoms. The molecule has 6 aromatic carbocycles. The molecule has 12 rings (SSSR count). The fourth-order valence-corrected chi connectivity index (χ4v) is 17.0. The fraction of sp³-hybridized carbons (Fsp3) is 0.472. The summed E-state index contributed by atoms with van der Waals surface area (Å²) in [6, 6.07) is 41.1. The summed E-state index contributed by atoms with van der Waals surface area (Å²) < 4.78 is 1.42. The van der Waals surface area contributed by atoms with Crippen LogP contribution in [-0.2, 0) is 43.3 Å². The SMILES string of the molecule is C[SiH](C)c1ccc(-c2cc3c(cc2N2c4cc5c(cc4B4c6c2cc(C(C)(C)C)cc6N(c2ccc(C(C)(C)C)cc2)c2sc6cc7c(cc6c24)C(C)(C)CCC7(C)C)C(C)(C)CCC5(C)C)C(C)(C)CCC3(C)C)cc1. The molecular weight excluding hydrogens is 964 g/mol. The van der Waals surface area contributed by atoms with Gasteiger partial charge < -0.3 is 9.80 Å². The summed E-state index contributed by atoms with van der Waals surface area (Å²) in [6.07, 6.45) is 7.08. The number of hydrogen-bond donors (Lipinski definition) is 0. The Balaban J connectivity index is 1.27. The predicted octanol–water partition coefficient (Wildman–Crippen LogP) is 18.0. The average Bonchev–Trinajstić information content (AvgIpc) is 3.83. The van der Waals surface area contributed by atoms with Crippen LogP contribution in [0.5, 0.6) is 0 Å². The van der Waals surface area contributed by atoms with E-state index in [4.69, 9.17) is 0 Å². The molecule has 0 spiro atoms. The normalized spacial score (nSPS) is 20.0. The van der Waals surface area contributed by atoms with Gasteiger partial charge in [0.05, 0.1) is 19.5 Å². The third-order valence-electron chi connectivity index (χ3n) is 20.6. The van der Waals surface area contributed by atoms with Crippen molar-refractivity contribution in [2.75, 3.05) is 9.80 Å². The zero-order chi connectivity index (χ0) is 55.3. The van der Waals surface area contributed by atoms with Crippen LogP contribution in [0.25, 0.3) is 21.2 Å². The van der Waals surface area contributed by atoms with E-state index in [0.29, 0.717) is 0 Å². The lowest BCUT2D eigenvalue weighted by atomic mass is 9.33. The van der Waals surface area contributed by atoms with Crippen molar-refractivity contribution in [1.29, 1.82) is 0 Å². The van der Waals surface area contributed by atoms with E-state index in [9.17, 15) is 0 Å². The summed E-state index contributed by atoms with van der Waals surface area (Å²) in [6.45, 7) is 49.4. The second kappa shape index (κ2) is 16.9. The van der Waals surface area contributed by atoms with Crippen LogP contribution in [0.1, 0.15) is 208 Å². The number of nitrogens with zero attached hydrogens (tertiary/aromatic N) is 2. The van der Waals surface area contributed by atoms with E-state index in [1.54, 1.807) is 5.56 Å². The molecule has 0 saturated carbocycles. The van der Waals surface area contributed by atoms with E-state index in [0.717, 1.165) is 0 Å². The topological polar surface area (TPSA) is 6.48 Å². The van der Waals surface area contributed by atoms with E-state index in [1.165, 1.54) is 154 Å². The van der Waals surface area contributed by atoms with E-state index in [1.807, 2.05) is 11.3 Å². The molecule has 2 nitrogen and oxygen atoms in total. The highest BCUT2D eigenvalue weighted by molar-refractivity contribution is 7.26. The molecule has 3 heterocycles. The molecule has 0 atom stereocenters. The minimum atomic E-state index is -1.02. The van der Waals surface area contributed by atoms with Crippen molar-refractivity contribution in [3.8, 4) is 11.1 Å². The Bertz CT molecular complexity index is 3580. The highest BCUT2D eigenvalue weighted by Gasteiger charge is 2.50. The third-order valence-corrected chi connectivity index (χ3v) is 23.5. The maximum Gasteiger partial charge on any atom is 0.254 e. The maximum absolute atomic E-state index is 2.84. The van der Waals surface area contributed by atoms with Crippen molar-refractivity contribution in [2.45, 2.75) is 220 Å². The number of hydrogen-bond acceptors (Lipinski definition) is 3. The van der Waals surface area contributed by atoms with Gasteiger partial charge in [-0.2, -0.15) is 0 Å². The van der Waals surface area contributed by atoms with Gasteiger partial charge in [0.15, 0.2) is 0 Å². The summed E-state index contributed by atoms with van der Waals surface area (Å²) in [5, 5.41) is 4.34. The molecular formula is C72H89BN2SSi. The third kappa shape index (κ3) is 8.17. The van der Waals surface area contributed by atoms with Gasteiger partial charge in [-0.25, -0.2) is 0 Å². The Labute approximate surface area is 471 Å². The Morgan fingerprint density at radius 2 is 0.883 bits per heavy atom. The predicted molar refractivity (Wildman–Crippen MR) is 343 cm³/mol. The molecule has 0 bridgehead atoms. The summed E-state index contributed by atoms with van der Waals surface area (Å²) in [4.78, 5) is 5.57. The number of thiophene rings is 1. The Hall–Kier alpha value is -4.84. The van der Waals surface area contributed by atoms with E-state index < -0.39 is 8.80 Å². The smallest absolute Gasteiger partial charge is 0.254 e. The molecule has 0 radical (unpaired) electrons. The molecule has 0 N–H and O–H groups in total. The van der Waals surface area contributed by atoms with Crippen LogP contribution in [0, 0.1) is 0 Å². The summed E-state index contributed by atoms with van der Waals surface area (Å²) in [5.41, 5.74) is 25.7. The van der Waals surface area contributed by atoms with Crippen LogP contribution < -0.4 is 31.4 Å². The number of anilines is 6. The highest BCUT2D eigenvalue weighted by Crippen LogP contribution is 2.57. The van der Waals surface area contributed by atoms with Gasteiger partial charge in [-0.15, -0.1) is 11.3 Å². The Kier molecular flexibility index (Phi) is 11.6. The zero-order valence-electron chi connectivity index (χ0n) is 50.9. The van der Waals surface area contributed by atoms with Gasteiger partial charge in [0.25, 0.3) is 6.71 Å². The van der Waals surface area contributed by atoms with Crippen LogP contribution in [0.4, 0.5) is 33.4 Å². The second-order valence-electron chi connectivity index (χ2n) is 31.2. The first kappa shape index (κ1) is 52.8. The van der Waals surface area contributed by atoms with Crippen LogP contribution in [0.2, 0.25) is 13.1 Å². The van der Waals surface area contributed by atoms with Gasteiger partial charge in [-0.1, -0.05) is 185 Å². The van der Waals surface area contributed by atoms with Gasteiger partial charge in [0, 0.05) is 33.0 Å². The number of rotatable bonds is 4.